The van der Waals surface area contributed by atoms with Crippen LogP contribution in [0.5, 0.6) is 0 Å². The van der Waals surface area contributed by atoms with E-state index < -0.39 is 13.3 Å². The van der Waals surface area contributed by atoms with Crippen molar-refractivity contribution in [2.45, 2.75) is 0 Å². The van der Waals surface area contributed by atoms with E-state index >= 15 is 0 Å². The van der Waals surface area contributed by atoms with Crippen molar-refractivity contribution >= 4 is 19.0 Å². The molecule has 0 heterocycles. The van der Waals surface area contributed by atoms with Gasteiger partial charge in [-0.15, -0.1) is 0 Å². The molecule has 6 N–H and O–H groups in total. The van der Waals surface area contributed by atoms with Gasteiger partial charge in [0.1, 0.15) is 0 Å². The molecule has 0 unspecified atom stereocenters. The SMILES string of the molecule is Nc1ccc(C(=O)O)cc1.OB(O)O.[Cl-].[K+]. The van der Waals surface area contributed by atoms with Crippen molar-refractivity contribution in [2.75, 3.05) is 5.73 Å². The Bertz CT molecular complexity index is 295. The second-order valence-electron chi connectivity index (χ2n) is 2.27. The monoisotopic (exact) mass is 273 g/mol. The zero-order valence-electron chi connectivity index (χ0n) is 8.54. The number of rotatable bonds is 1. The molecule has 6 nitrogen and oxygen atoms in total. The first-order valence-corrected chi connectivity index (χ1v) is 3.56. The molecule has 84 valence electrons. The van der Waals surface area contributed by atoms with Crippen molar-refractivity contribution in [3.05, 3.63) is 29.8 Å². The number of anilines is 1. The predicted octanol–water partition coefficient (Wildman–Crippen LogP) is -7.08. The van der Waals surface area contributed by atoms with Gasteiger partial charge in [-0.2, -0.15) is 0 Å². The minimum Gasteiger partial charge on any atom is -1.00 e. The summed E-state index contributed by atoms with van der Waals surface area (Å²) in [6.45, 7) is 0. The van der Waals surface area contributed by atoms with Gasteiger partial charge in [-0.05, 0) is 24.3 Å². The van der Waals surface area contributed by atoms with Gasteiger partial charge < -0.3 is 38.3 Å². The zero-order valence-corrected chi connectivity index (χ0v) is 12.4. The van der Waals surface area contributed by atoms with Crippen LogP contribution in [-0.2, 0) is 0 Å². The number of carbonyl (C=O) groups is 1. The third-order valence-corrected chi connectivity index (χ3v) is 1.16. The first-order valence-electron chi connectivity index (χ1n) is 3.56. The largest absolute Gasteiger partial charge is 1.00 e. The summed E-state index contributed by atoms with van der Waals surface area (Å²) in [6.07, 6.45) is 0. The molecule has 16 heavy (non-hydrogen) atoms. The smallest absolute Gasteiger partial charge is 1.00 e. The van der Waals surface area contributed by atoms with Crippen LogP contribution >= 0.6 is 0 Å². The second kappa shape index (κ2) is 11.8. The van der Waals surface area contributed by atoms with Gasteiger partial charge in [0.2, 0.25) is 0 Å². The maximum Gasteiger partial charge on any atom is 1.00 e. The number of benzene rings is 1. The van der Waals surface area contributed by atoms with Crippen molar-refractivity contribution in [1.29, 1.82) is 0 Å². The fourth-order valence-corrected chi connectivity index (χ4v) is 0.626. The van der Waals surface area contributed by atoms with E-state index in [-0.39, 0.29) is 69.4 Å². The van der Waals surface area contributed by atoms with Gasteiger partial charge >= 0.3 is 64.7 Å². The molecule has 0 atom stereocenters. The summed E-state index contributed by atoms with van der Waals surface area (Å²) in [7, 11) is -2.17. The molecule has 0 spiro atoms. The average molecular weight is 274 g/mol. The van der Waals surface area contributed by atoms with E-state index in [4.69, 9.17) is 25.9 Å². The summed E-state index contributed by atoms with van der Waals surface area (Å²) in [6, 6.07) is 6.06. The van der Waals surface area contributed by atoms with E-state index in [0.717, 1.165) is 0 Å². The minimum absolute atomic E-state index is 0. The molecule has 9 heteroatoms. The van der Waals surface area contributed by atoms with Crippen LogP contribution in [0.3, 0.4) is 0 Å². The number of carboxylic acids is 1. The van der Waals surface area contributed by atoms with Crippen molar-refractivity contribution in [2.24, 2.45) is 0 Å². The summed E-state index contributed by atoms with van der Waals surface area (Å²) >= 11 is 0. The molecule has 0 saturated carbocycles. The number of hydrogen-bond acceptors (Lipinski definition) is 5. The molecular weight excluding hydrogens is 263 g/mol. The molecule has 0 aromatic heterocycles. The minimum atomic E-state index is -2.17. The summed E-state index contributed by atoms with van der Waals surface area (Å²) in [4.78, 5) is 10.3. The standard InChI is InChI=1S/C7H7NO2.BH3O3.ClH.K/c8-6-3-1-5(2-4-6)7(9)10;2-1(3)4;;/h1-4H,8H2,(H,9,10);2-4H;1H;/q;;;+1/p-1. The number of carboxylic acid groups (broad SMARTS) is 1. The van der Waals surface area contributed by atoms with Crippen LogP contribution in [0.2, 0.25) is 0 Å². The van der Waals surface area contributed by atoms with Gasteiger partial charge in [0.15, 0.2) is 0 Å². The fraction of sp³-hybridized carbons (Fsp3) is 0. The maximum atomic E-state index is 10.3. The summed E-state index contributed by atoms with van der Waals surface area (Å²) in [5, 5.41) is 29.9. The van der Waals surface area contributed by atoms with Gasteiger partial charge in [0.05, 0.1) is 5.56 Å². The number of hydrogen-bond donors (Lipinski definition) is 5. The Kier molecular flexibility index (Phi) is 16.0. The third-order valence-electron chi connectivity index (χ3n) is 1.16. The molecule has 0 saturated heterocycles. The van der Waals surface area contributed by atoms with Crippen LogP contribution in [-0.4, -0.2) is 33.5 Å². The van der Waals surface area contributed by atoms with Crippen LogP contribution in [0.15, 0.2) is 24.3 Å². The average Bonchev–Trinajstić information content (AvgIpc) is 2.03. The van der Waals surface area contributed by atoms with Crippen LogP contribution in [0, 0.1) is 0 Å². The molecule has 0 amide bonds. The predicted molar refractivity (Wildman–Crippen MR) is 50.2 cm³/mol. The quantitative estimate of drug-likeness (QED) is 0.256. The van der Waals surface area contributed by atoms with Crippen LogP contribution < -0.4 is 69.5 Å². The normalized spacial score (nSPS) is 7.44. The third kappa shape index (κ3) is 12.4. The molecule has 0 radical (unpaired) electrons. The second-order valence-corrected chi connectivity index (χ2v) is 2.27. The first kappa shape index (κ1) is 21.6. The topological polar surface area (TPSA) is 124 Å². The molecule has 1 aromatic rings. The van der Waals surface area contributed by atoms with E-state index in [1.54, 1.807) is 12.1 Å². The molecule has 1 rings (SSSR count). The van der Waals surface area contributed by atoms with E-state index in [1.807, 2.05) is 0 Å². The summed E-state index contributed by atoms with van der Waals surface area (Å²) in [5.74, 6) is -0.931. The maximum absolute atomic E-state index is 10.3. The van der Waals surface area contributed by atoms with E-state index in [9.17, 15) is 4.79 Å². The molecule has 0 aliphatic heterocycles. The van der Waals surface area contributed by atoms with Gasteiger partial charge in [0.25, 0.3) is 0 Å². The van der Waals surface area contributed by atoms with E-state index in [1.165, 1.54) is 12.1 Å². The Morgan fingerprint density at radius 1 is 1.12 bits per heavy atom. The Hall–Kier alpha value is 0.361. The Balaban J connectivity index is -0.000000249. The van der Waals surface area contributed by atoms with Gasteiger partial charge in [-0.25, -0.2) is 4.79 Å². The van der Waals surface area contributed by atoms with Gasteiger partial charge in [-0.3, -0.25) is 0 Å². The number of nitrogen functional groups attached to an aromatic ring is 1. The number of aromatic carboxylic acids is 1. The van der Waals surface area contributed by atoms with Gasteiger partial charge in [0, 0.05) is 5.69 Å². The van der Waals surface area contributed by atoms with Crippen LogP contribution in [0.25, 0.3) is 0 Å². The molecular formula is C7H10BClKNO5. The van der Waals surface area contributed by atoms with Crippen molar-refractivity contribution in [3.63, 3.8) is 0 Å². The van der Waals surface area contributed by atoms with Crippen molar-refractivity contribution in [3.8, 4) is 0 Å². The first-order chi connectivity index (χ1) is 6.43. The molecule has 1 aromatic carbocycles. The number of halogens is 1. The van der Waals surface area contributed by atoms with E-state index in [0.29, 0.717) is 5.69 Å². The number of nitrogens with two attached hydrogens (primary N) is 1. The summed E-state index contributed by atoms with van der Waals surface area (Å²) < 4.78 is 0. The van der Waals surface area contributed by atoms with E-state index in [2.05, 4.69) is 0 Å². The van der Waals surface area contributed by atoms with Crippen molar-refractivity contribution in [1.82, 2.24) is 0 Å². The Morgan fingerprint density at radius 3 is 1.69 bits per heavy atom. The summed E-state index contributed by atoms with van der Waals surface area (Å²) in [5.41, 5.74) is 6.17. The van der Waals surface area contributed by atoms with Gasteiger partial charge in [-0.1, -0.05) is 0 Å². The Morgan fingerprint density at radius 2 is 1.44 bits per heavy atom. The molecule has 0 aliphatic carbocycles. The zero-order chi connectivity index (χ0) is 11.1. The van der Waals surface area contributed by atoms with Crippen LogP contribution in [0.4, 0.5) is 5.69 Å². The Labute approximate surface area is 141 Å². The molecule has 0 fully saturated rings. The fourth-order valence-electron chi connectivity index (χ4n) is 0.626. The van der Waals surface area contributed by atoms with Crippen LogP contribution in [0.1, 0.15) is 10.4 Å². The molecule has 0 aliphatic rings. The molecule has 0 bridgehead atoms. The van der Waals surface area contributed by atoms with Crippen molar-refractivity contribution < 1.29 is 88.8 Å².